The number of nitrogens with zero attached hydrogens (tertiary/aromatic N) is 2. The van der Waals surface area contributed by atoms with Crippen LogP contribution < -0.4 is 0 Å². The van der Waals surface area contributed by atoms with E-state index in [9.17, 15) is 4.21 Å². The molecule has 78 valence electrons. The fourth-order valence-electron chi connectivity index (χ4n) is 0.701. The Kier molecular flexibility index (Phi) is 3.55. The molecule has 0 spiro atoms. The minimum Gasteiger partial charge on any atom is -0.252 e. The maximum atomic E-state index is 11.7. The molecular formula is C9H14N2OS2. The summed E-state index contributed by atoms with van der Waals surface area (Å²) in [4.78, 5) is 4.93. The van der Waals surface area contributed by atoms with Gasteiger partial charge in [-0.1, -0.05) is 0 Å². The first-order valence-corrected chi connectivity index (χ1v) is 6.26. The lowest BCUT2D eigenvalue weighted by molar-refractivity contribution is 0.650. The van der Waals surface area contributed by atoms with Crippen LogP contribution in [0.15, 0.2) is 16.1 Å². The predicted molar refractivity (Wildman–Crippen MR) is 62.2 cm³/mol. The zero-order chi connectivity index (χ0) is 10.8. The maximum absolute atomic E-state index is 11.7. The van der Waals surface area contributed by atoms with Crippen LogP contribution in [0.1, 0.15) is 32.6 Å². The molecule has 1 heterocycles. The average molecular weight is 230 g/mol. The molecule has 0 aliphatic heterocycles. The van der Waals surface area contributed by atoms with Crippen molar-refractivity contribution in [3.05, 3.63) is 16.6 Å². The van der Waals surface area contributed by atoms with Crippen LogP contribution in [0.4, 0.5) is 0 Å². The van der Waals surface area contributed by atoms with Crippen molar-refractivity contribution in [3.8, 4) is 0 Å². The van der Waals surface area contributed by atoms with Gasteiger partial charge in [0, 0.05) is 6.20 Å². The molecule has 0 aliphatic carbocycles. The van der Waals surface area contributed by atoms with Crippen molar-refractivity contribution in [2.45, 2.75) is 32.4 Å². The number of hydrogen-bond acceptors (Lipinski definition) is 3. The molecule has 1 atom stereocenters. The smallest absolute Gasteiger partial charge is 0.145 e. The second-order valence-electron chi connectivity index (χ2n) is 3.90. The van der Waals surface area contributed by atoms with E-state index in [4.69, 9.17) is 0 Å². The van der Waals surface area contributed by atoms with Gasteiger partial charge in [0.15, 0.2) is 0 Å². The Morgan fingerprint density at radius 2 is 2.21 bits per heavy atom. The Balaban J connectivity index is 2.85. The molecule has 0 aromatic carbocycles. The molecular weight excluding hydrogens is 216 g/mol. The van der Waals surface area contributed by atoms with Crippen molar-refractivity contribution >= 4 is 28.0 Å². The van der Waals surface area contributed by atoms with E-state index in [1.165, 1.54) is 11.3 Å². The Labute approximate surface area is 90.9 Å². The third-order valence-electron chi connectivity index (χ3n) is 1.53. The van der Waals surface area contributed by atoms with E-state index in [1.54, 1.807) is 11.7 Å². The van der Waals surface area contributed by atoms with Gasteiger partial charge in [-0.05, 0) is 27.7 Å². The molecule has 1 aromatic rings. The molecule has 5 heteroatoms. The molecule has 0 N–H and O–H groups in total. The van der Waals surface area contributed by atoms with Crippen LogP contribution in [-0.4, -0.2) is 19.7 Å². The molecule has 1 rings (SSSR count). The van der Waals surface area contributed by atoms with Gasteiger partial charge < -0.3 is 0 Å². The van der Waals surface area contributed by atoms with Crippen LogP contribution in [0.5, 0.6) is 0 Å². The van der Waals surface area contributed by atoms with Crippen molar-refractivity contribution in [3.63, 3.8) is 0 Å². The van der Waals surface area contributed by atoms with Crippen LogP contribution in [-0.2, 0) is 11.0 Å². The summed E-state index contributed by atoms with van der Waals surface area (Å²) in [6, 6.07) is 0. The largest absolute Gasteiger partial charge is 0.252 e. The highest BCUT2D eigenvalue weighted by Gasteiger charge is 2.19. The summed E-state index contributed by atoms with van der Waals surface area (Å²) in [6.45, 7) is 7.59. The summed E-state index contributed by atoms with van der Waals surface area (Å²) in [5.41, 5.74) is 2.54. The van der Waals surface area contributed by atoms with Crippen molar-refractivity contribution in [2.24, 2.45) is 4.40 Å². The highest BCUT2D eigenvalue weighted by atomic mass is 32.2. The van der Waals surface area contributed by atoms with Gasteiger partial charge in [-0.2, -0.15) is 4.40 Å². The molecule has 1 unspecified atom stereocenters. The zero-order valence-corrected chi connectivity index (χ0v) is 10.4. The fourth-order valence-corrected chi connectivity index (χ4v) is 1.95. The van der Waals surface area contributed by atoms with Gasteiger partial charge in [0.2, 0.25) is 0 Å². The normalized spacial score (nSPS) is 15.6. The van der Waals surface area contributed by atoms with E-state index in [0.717, 1.165) is 10.6 Å². The predicted octanol–water partition coefficient (Wildman–Crippen LogP) is 2.41. The quantitative estimate of drug-likeness (QED) is 0.732. The first kappa shape index (κ1) is 11.5. The Morgan fingerprint density at radius 1 is 1.57 bits per heavy atom. The molecule has 1 aromatic heterocycles. The van der Waals surface area contributed by atoms with E-state index >= 15 is 0 Å². The van der Waals surface area contributed by atoms with E-state index in [-0.39, 0.29) is 4.75 Å². The first-order valence-electron chi connectivity index (χ1n) is 4.27. The molecule has 0 aliphatic rings. The average Bonchev–Trinajstić information content (AvgIpc) is 2.53. The number of aromatic nitrogens is 1. The second kappa shape index (κ2) is 4.31. The van der Waals surface area contributed by atoms with Crippen LogP contribution in [0.3, 0.4) is 0 Å². The highest BCUT2D eigenvalue weighted by molar-refractivity contribution is 7.85. The van der Waals surface area contributed by atoms with Crippen LogP contribution >= 0.6 is 11.3 Å². The van der Waals surface area contributed by atoms with Crippen LogP contribution in [0.25, 0.3) is 0 Å². The van der Waals surface area contributed by atoms with Crippen molar-refractivity contribution in [1.82, 2.24) is 4.98 Å². The summed E-state index contributed by atoms with van der Waals surface area (Å²) < 4.78 is 15.5. The summed E-state index contributed by atoms with van der Waals surface area (Å²) >= 11 is 1.51. The minimum absolute atomic E-state index is 0.300. The summed E-state index contributed by atoms with van der Waals surface area (Å²) in [7, 11) is -1.19. The third kappa shape index (κ3) is 2.99. The zero-order valence-electron chi connectivity index (χ0n) is 8.77. The Morgan fingerprint density at radius 3 is 2.64 bits per heavy atom. The van der Waals surface area contributed by atoms with Crippen LogP contribution in [0, 0.1) is 0 Å². The summed E-state index contributed by atoms with van der Waals surface area (Å²) in [6.07, 6.45) is 1.74. The molecule has 0 fully saturated rings. The summed E-state index contributed by atoms with van der Waals surface area (Å²) in [5, 5.41) is 0. The molecule has 3 nitrogen and oxygen atoms in total. The molecule has 0 radical (unpaired) electrons. The van der Waals surface area contributed by atoms with Gasteiger partial charge in [0.1, 0.15) is 11.0 Å². The van der Waals surface area contributed by atoms with Gasteiger partial charge in [-0.15, -0.1) is 11.3 Å². The van der Waals surface area contributed by atoms with Gasteiger partial charge in [0.25, 0.3) is 0 Å². The second-order valence-corrected chi connectivity index (χ2v) is 6.70. The highest BCUT2D eigenvalue weighted by Crippen LogP contribution is 2.15. The van der Waals surface area contributed by atoms with E-state index in [2.05, 4.69) is 9.38 Å². The molecule has 0 amide bonds. The van der Waals surface area contributed by atoms with Crippen molar-refractivity contribution in [2.75, 3.05) is 0 Å². The van der Waals surface area contributed by atoms with Gasteiger partial charge in [-0.3, -0.25) is 4.98 Å². The lowest BCUT2D eigenvalue weighted by Gasteiger charge is -2.13. The molecule has 14 heavy (non-hydrogen) atoms. The monoisotopic (exact) mass is 230 g/mol. The van der Waals surface area contributed by atoms with Gasteiger partial charge >= 0.3 is 0 Å². The molecule has 0 saturated heterocycles. The number of rotatable bonds is 2. The van der Waals surface area contributed by atoms with E-state index < -0.39 is 11.0 Å². The number of thiazole rings is 1. The SMILES string of the molecule is C/C(=N\S(=O)C(C)(C)C)c1cncs1. The standard InChI is InChI=1S/C9H14N2OS2/c1-7(8-5-10-6-13-8)11-14(12)9(2,3)4/h5-6H,1-4H3/b11-7+. The number of hydrogen-bond donors (Lipinski definition) is 0. The minimum atomic E-state index is -1.19. The van der Waals surface area contributed by atoms with Crippen LogP contribution in [0.2, 0.25) is 0 Å². The Bertz CT molecular complexity index is 349. The third-order valence-corrected chi connectivity index (χ3v) is 3.90. The van der Waals surface area contributed by atoms with E-state index in [1.807, 2.05) is 27.7 Å². The molecule has 0 bridgehead atoms. The van der Waals surface area contributed by atoms with Crippen molar-refractivity contribution in [1.29, 1.82) is 0 Å². The van der Waals surface area contributed by atoms with Gasteiger partial charge in [-0.25, -0.2) is 4.21 Å². The summed E-state index contributed by atoms with van der Waals surface area (Å²) in [5.74, 6) is 0. The van der Waals surface area contributed by atoms with Gasteiger partial charge in [0.05, 0.1) is 20.8 Å². The topological polar surface area (TPSA) is 42.3 Å². The lowest BCUT2D eigenvalue weighted by atomic mass is 10.3. The molecule has 0 saturated carbocycles. The Hall–Kier alpha value is -0.550. The van der Waals surface area contributed by atoms with E-state index in [0.29, 0.717) is 0 Å². The van der Waals surface area contributed by atoms with Crippen molar-refractivity contribution < 1.29 is 4.21 Å². The first-order chi connectivity index (χ1) is 6.41. The fraction of sp³-hybridized carbons (Fsp3) is 0.556. The lowest BCUT2D eigenvalue weighted by Crippen LogP contribution is -2.20. The maximum Gasteiger partial charge on any atom is 0.145 e.